The normalized spacial score (nSPS) is 10.7. The van der Waals surface area contributed by atoms with Gasteiger partial charge in [-0.25, -0.2) is 0 Å². The van der Waals surface area contributed by atoms with Gasteiger partial charge in [0, 0.05) is 19.2 Å². The molecule has 18 heavy (non-hydrogen) atoms. The van der Waals surface area contributed by atoms with Crippen LogP contribution in [0.25, 0.3) is 11.3 Å². The molecule has 0 saturated heterocycles. The Kier molecular flexibility index (Phi) is 3.73. The average molecular weight is 310 g/mol. The van der Waals surface area contributed by atoms with Crippen molar-refractivity contribution in [3.8, 4) is 17.0 Å². The molecule has 0 amide bonds. The summed E-state index contributed by atoms with van der Waals surface area (Å²) in [7, 11) is 3.57. The second-order valence-electron chi connectivity index (χ2n) is 4.14. The summed E-state index contributed by atoms with van der Waals surface area (Å²) >= 11 is 3.57. The first-order valence-corrected chi connectivity index (χ1v) is 6.44. The molecule has 0 fully saturated rings. The maximum Gasteiger partial charge on any atom is 0.128 e. The maximum atomic E-state index is 5.67. The van der Waals surface area contributed by atoms with E-state index in [1.165, 1.54) is 5.56 Å². The van der Waals surface area contributed by atoms with Crippen molar-refractivity contribution < 1.29 is 4.74 Å². The molecule has 0 saturated carbocycles. The second-order valence-corrected chi connectivity index (χ2v) is 4.93. The summed E-state index contributed by atoms with van der Waals surface area (Å²) < 4.78 is 8.16. The number of benzene rings is 1. The van der Waals surface area contributed by atoms with Gasteiger partial charge in [-0.2, -0.15) is 5.10 Å². The van der Waals surface area contributed by atoms with E-state index in [0.29, 0.717) is 6.54 Å². The first-order valence-electron chi connectivity index (χ1n) is 5.65. The van der Waals surface area contributed by atoms with Crippen LogP contribution in [0.3, 0.4) is 0 Å². The van der Waals surface area contributed by atoms with Crippen molar-refractivity contribution in [1.82, 2.24) is 9.78 Å². The highest BCUT2D eigenvalue weighted by molar-refractivity contribution is 9.10. The van der Waals surface area contributed by atoms with Gasteiger partial charge >= 0.3 is 0 Å². The number of aryl methyl sites for hydroxylation is 2. The zero-order chi connectivity index (χ0) is 13.3. The van der Waals surface area contributed by atoms with Crippen LogP contribution in [-0.2, 0) is 13.6 Å². The standard InChI is InChI=1S/C13H16BrN3O/c1-8-4-5-11(18-3)9(6-8)13-12(14)10(7-15)16-17(13)2/h4-6H,7,15H2,1-3H3. The lowest BCUT2D eigenvalue weighted by Crippen LogP contribution is -1.99. The highest BCUT2D eigenvalue weighted by Crippen LogP contribution is 2.36. The number of nitrogens with two attached hydrogens (primary N) is 1. The van der Waals surface area contributed by atoms with Crippen LogP contribution < -0.4 is 10.5 Å². The molecule has 4 nitrogen and oxygen atoms in total. The van der Waals surface area contributed by atoms with E-state index in [-0.39, 0.29) is 0 Å². The lowest BCUT2D eigenvalue weighted by atomic mass is 10.1. The third kappa shape index (κ3) is 2.15. The monoisotopic (exact) mass is 309 g/mol. The lowest BCUT2D eigenvalue weighted by molar-refractivity contribution is 0.416. The fourth-order valence-corrected chi connectivity index (χ4v) is 2.69. The SMILES string of the molecule is COc1ccc(C)cc1-c1c(Br)c(CN)nn1C. The molecule has 0 atom stereocenters. The Morgan fingerprint density at radius 1 is 1.44 bits per heavy atom. The van der Waals surface area contributed by atoms with Crippen molar-refractivity contribution in [2.75, 3.05) is 7.11 Å². The minimum Gasteiger partial charge on any atom is -0.496 e. The van der Waals surface area contributed by atoms with Crippen LogP contribution in [-0.4, -0.2) is 16.9 Å². The van der Waals surface area contributed by atoms with Crippen molar-refractivity contribution in [2.45, 2.75) is 13.5 Å². The molecule has 0 spiro atoms. The molecular weight excluding hydrogens is 294 g/mol. The Morgan fingerprint density at radius 3 is 2.72 bits per heavy atom. The minimum absolute atomic E-state index is 0.405. The Bertz CT molecular complexity index is 578. The topological polar surface area (TPSA) is 53.1 Å². The van der Waals surface area contributed by atoms with E-state index < -0.39 is 0 Å². The summed E-state index contributed by atoms with van der Waals surface area (Å²) in [4.78, 5) is 0. The average Bonchev–Trinajstić information content (AvgIpc) is 2.64. The summed E-state index contributed by atoms with van der Waals surface area (Å²) in [6.07, 6.45) is 0. The molecule has 96 valence electrons. The smallest absolute Gasteiger partial charge is 0.128 e. The van der Waals surface area contributed by atoms with Gasteiger partial charge in [-0.05, 0) is 35.0 Å². The molecule has 0 unspecified atom stereocenters. The van der Waals surface area contributed by atoms with Crippen molar-refractivity contribution >= 4 is 15.9 Å². The quantitative estimate of drug-likeness (QED) is 0.948. The van der Waals surface area contributed by atoms with Crippen LogP contribution in [0.1, 0.15) is 11.3 Å². The van der Waals surface area contributed by atoms with Crippen LogP contribution in [0, 0.1) is 6.92 Å². The van der Waals surface area contributed by atoms with E-state index in [1.54, 1.807) is 7.11 Å². The van der Waals surface area contributed by atoms with E-state index in [2.05, 4.69) is 34.0 Å². The third-order valence-electron chi connectivity index (χ3n) is 2.86. The Labute approximate surface area is 115 Å². The van der Waals surface area contributed by atoms with Gasteiger partial charge in [-0.3, -0.25) is 4.68 Å². The van der Waals surface area contributed by atoms with E-state index in [9.17, 15) is 0 Å². The van der Waals surface area contributed by atoms with Gasteiger partial charge < -0.3 is 10.5 Å². The molecule has 0 aliphatic rings. The zero-order valence-corrected chi connectivity index (χ0v) is 12.3. The predicted molar refractivity (Wildman–Crippen MR) is 75.5 cm³/mol. The van der Waals surface area contributed by atoms with Gasteiger partial charge in [-0.1, -0.05) is 11.6 Å². The number of methoxy groups -OCH3 is 1. The number of hydrogen-bond donors (Lipinski definition) is 1. The minimum atomic E-state index is 0.405. The van der Waals surface area contributed by atoms with Crippen LogP contribution >= 0.6 is 15.9 Å². The highest BCUT2D eigenvalue weighted by atomic mass is 79.9. The van der Waals surface area contributed by atoms with Crippen molar-refractivity contribution in [2.24, 2.45) is 12.8 Å². The molecule has 2 rings (SSSR count). The van der Waals surface area contributed by atoms with E-state index >= 15 is 0 Å². The number of ether oxygens (including phenoxy) is 1. The van der Waals surface area contributed by atoms with Crippen molar-refractivity contribution in [3.63, 3.8) is 0 Å². The van der Waals surface area contributed by atoms with Gasteiger partial charge in [0.15, 0.2) is 0 Å². The summed E-state index contributed by atoms with van der Waals surface area (Å²) in [5.41, 5.74) is 9.69. The van der Waals surface area contributed by atoms with E-state index in [0.717, 1.165) is 27.2 Å². The summed E-state index contributed by atoms with van der Waals surface area (Å²) in [6, 6.07) is 6.07. The van der Waals surface area contributed by atoms with Crippen molar-refractivity contribution in [3.05, 3.63) is 33.9 Å². The molecule has 1 aromatic carbocycles. The first kappa shape index (κ1) is 13.1. The largest absolute Gasteiger partial charge is 0.496 e. The highest BCUT2D eigenvalue weighted by Gasteiger charge is 2.17. The molecular formula is C13H16BrN3O. The number of hydrogen-bond acceptors (Lipinski definition) is 3. The van der Waals surface area contributed by atoms with Crippen LogP contribution in [0.5, 0.6) is 5.75 Å². The Morgan fingerprint density at radius 2 is 2.17 bits per heavy atom. The van der Waals surface area contributed by atoms with Gasteiger partial charge in [0.05, 0.1) is 23.0 Å². The Hall–Kier alpha value is -1.33. The fraction of sp³-hybridized carbons (Fsp3) is 0.308. The molecule has 0 radical (unpaired) electrons. The number of halogens is 1. The molecule has 1 aromatic heterocycles. The summed E-state index contributed by atoms with van der Waals surface area (Å²) in [5, 5.41) is 4.40. The molecule has 5 heteroatoms. The molecule has 1 heterocycles. The van der Waals surface area contributed by atoms with Gasteiger partial charge in [0.2, 0.25) is 0 Å². The number of nitrogens with zero attached hydrogens (tertiary/aromatic N) is 2. The Balaban J connectivity index is 2.68. The maximum absolute atomic E-state index is 5.67. The van der Waals surface area contributed by atoms with Crippen molar-refractivity contribution in [1.29, 1.82) is 0 Å². The lowest BCUT2D eigenvalue weighted by Gasteiger charge is -2.10. The first-order chi connectivity index (χ1) is 8.58. The number of aromatic nitrogens is 2. The van der Waals surface area contributed by atoms with E-state index in [1.807, 2.05) is 23.9 Å². The van der Waals surface area contributed by atoms with Crippen LogP contribution in [0.15, 0.2) is 22.7 Å². The molecule has 0 bridgehead atoms. The molecule has 0 aliphatic carbocycles. The van der Waals surface area contributed by atoms with Gasteiger partial charge in [-0.15, -0.1) is 0 Å². The third-order valence-corrected chi connectivity index (χ3v) is 3.69. The van der Waals surface area contributed by atoms with Gasteiger partial charge in [0.1, 0.15) is 5.75 Å². The zero-order valence-electron chi connectivity index (χ0n) is 10.7. The van der Waals surface area contributed by atoms with Crippen LogP contribution in [0.2, 0.25) is 0 Å². The molecule has 0 aliphatic heterocycles. The molecule has 2 N–H and O–H groups in total. The van der Waals surface area contributed by atoms with Gasteiger partial charge in [0.25, 0.3) is 0 Å². The van der Waals surface area contributed by atoms with E-state index in [4.69, 9.17) is 10.5 Å². The summed E-state index contributed by atoms with van der Waals surface area (Å²) in [6.45, 7) is 2.46. The second kappa shape index (κ2) is 5.12. The molecule has 2 aromatic rings. The number of rotatable bonds is 3. The summed E-state index contributed by atoms with van der Waals surface area (Å²) in [5.74, 6) is 0.827. The van der Waals surface area contributed by atoms with Crippen LogP contribution in [0.4, 0.5) is 0 Å². The predicted octanol–water partition coefficient (Wildman–Crippen LogP) is 2.63. The fourth-order valence-electron chi connectivity index (χ4n) is 1.98.